The van der Waals surface area contributed by atoms with Crippen molar-refractivity contribution in [3.8, 4) is 0 Å². The SMILES string of the molecule is CCCC[C@H](NC(=O)OC(C)(C)C)C(=O)CCC(=O)NC(C(=O)OC)C(C)C. The molecule has 0 aliphatic heterocycles. The highest BCUT2D eigenvalue weighted by molar-refractivity contribution is 5.91. The average molecular weight is 401 g/mol. The lowest BCUT2D eigenvalue weighted by Gasteiger charge is -2.23. The Balaban J connectivity index is 4.78. The third kappa shape index (κ3) is 10.9. The first-order valence-corrected chi connectivity index (χ1v) is 9.80. The van der Waals surface area contributed by atoms with E-state index in [0.29, 0.717) is 6.42 Å². The number of unbranched alkanes of at least 4 members (excludes halogenated alkanes) is 1. The quantitative estimate of drug-likeness (QED) is 0.516. The normalized spacial score (nSPS) is 13.4. The summed E-state index contributed by atoms with van der Waals surface area (Å²) in [6.45, 7) is 10.8. The molecule has 0 bridgehead atoms. The van der Waals surface area contributed by atoms with Crippen LogP contribution in [0.2, 0.25) is 0 Å². The number of methoxy groups -OCH3 is 1. The third-order valence-electron chi connectivity index (χ3n) is 3.96. The molecular weight excluding hydrogens is 364 g/mol. The first-order valence-electron chi connectivity index (χ1n) is 9.80. The molecule has 162 valence electrons. The molecule has 0 saturated heterocycles. The molecule has 0 rings (SSSR count). The zero-order valence-corrected chi connectivity index (χ0v) is 18.2. The monoisotopic (exact) mass is 400 g/mol. The Morgan fingerprint density at radius 1 is 1.00 bits per heavy atom. The summed E-state index contributed by atoms with van der Waals surface area (Å²) < 4.78 is 9.89. The molecule has 2 N–H and O–H groups in total. The van der Waals surface area contributed by atoms with Gasteiger partial charge >= 0.3 is 12.1 Å². The van der Waals surface area contributed by atoms with E-state index in [-0.39, 0.29) is 24.5 Å². The number of carbonyl (C=O) groups is 4. The fourth-order valence-corrected chi connectivity index (χ4v) is 2.45. The first kappa shape index (κ1) is 25.9. The van der Waals surface area contributed by atoms with Crippen molar-refractivity contribution >= 4 is 23.8 Å². The van der Waals surface area contributed by atoms with Gasteiger partial charge in [0.2, 0.25) is 5.91 Å². The number of esters is 1. The fraction of sp³-hybridized carbons (Fsp3) is 0.800. The van der Waals surface area contributed by atoms with E-state index in [0.717, 1.165) is 12.8 Å². The highest BCUT2D eigenvalue weighted by Gasteiger charge is 2.27. The van der Waals surface area contributed by atoms with Crippen LogP contribution in [0.4, 0.5) is 4.79 Å². The van der Waals surface area contributed by atoms with Crippen LogP contribution < -0.4 is 10.6 Å². The summed E-state index contributed by atoms with van der Waals surface area (Å²) in [4.78, 5) is 48.4. The van der Waals surface area contributed by atoms with E-state index in [1.165, 1.54) is 7.11 Å². The van der Waals surface area contributed by atoms with Crippen molar-refractivity contribution in [2.75, 3.05) is 7.11 Å². The topological polar surface area (TPSA) is 111 Å². The number of amides is 2. The number of hydrogen-bond donors (Lipinski definition) is 2. The van der Waals surface area contributed by atoms with Crippen LogP contribution >= 0.6 is 0 Å². The van der Waals surface area contributed by atoms with Crippen molar-refractivity contribution in [3.63, 3.8) is 0 Å². The number of carbonyl (C=O) groups excluding carboxylic acids is 4. The molecule has 0 heterocycles. The average Bonchev–Trinajstić information content (AvgIpc) is 2.58. The van der Waals surface area contributed by atoms with Gasteiger partial charge in [-0.3, -0.25) is 9.59 Å². The number of ether oxygens (including phenoxy) is 2. The van der Waals surface area contributed by atoms with Gasteiger partial charge in [0.1, 0.15) is 11.6 Å². The Hall–Kier alpha value is -2.12. The predicted molar refractivity (Wildman–Crippen MR) is 106 cm³/mol. The highest BCUT2D eigenvalue weighted by atomic mass is 16.6. The summed E-state index contributed by atoms with van der Waals surface area (Å²) >= 11 is 0. The molecule has 0 aromatic carbocycles. The van der Waals surface area contributed by atoms with Gasteiger partial charge < -0.3 is 20.1 Å². The fourth-order valence-electron chi connectivity index (χ4n) is 2.45. The van der Waals surface area contributed by atoms with Crippen LogP contribution in [0.1, 0.15) is 73.6 Å². The van der Waals surface area contributed by atoms with Crippen molar-refractivity contribution in [2.45, 2.75) is 91.3 Å². The summed E-state index contributed by atoms with van der Waals surface area (Å²) in [6, 6.07) is -1.47. The van der Waals surface area contributed by atoms with Crippen molar-refractivity contribution in [3.05, 3.63) is 0 Å². The Kier molecular flexibility index (Phi) is 11.4. The van der Waals surface area contributed by atoms with Gasteiger partial charge in [-0.05, 0) is 33.1 Å². The summed E-state index contributed by atoms with van der Waals surface area (Å²) in [7, 11) is 1.26. The van der Waals surface area contributed by atoms with E-state index in [9.17, 15) is 19.2 Å². The Morgan fingerprint density at radius 3 is 2.07 bits per heavy atom. The van der Waals surface area contributed by atoms with Crippen molar-refractivity contribution < 1.29 is 28.7 Å². The summed E-state index contributed by atoms with van der Waals surface area (Å²) in [6.07, 6.45) is 1.34. The zero-order chi connectivity index (χ0) is 21.9. The van der Waals surface area contributed by atoms with Crippen LogP contribution in [0.5, 0.6) is 0 Å². The summed E-state index contributed by atoms with van der Waals surface area (Å²) in [5.41, 5.74) is -0.665. The molecule has 0 aromatic rings. The van der Waals surface area contributed by atoms with E-state index in [4.69, 9.17) is 4.74 Å². The molecule has 0 radical (unpaired) electrons. The van der Waals surface area contributed by atoms with Crippen LogP contribution in [0.3, 0.4) is 0 Å². The number of nitrogens with one attached hydrogen (secondary N) is 2. The number of alkyl carbamates (subject to hydrolysis) is 1. The highest BCUT2D eigenvalue weighted by Crippen LogP contribution is 2.11. The maximum Gasteiger partial charge on any atom is 0.408 e. The van der Waals surface area contributed by atoms with Gasteiger partial charge in [-0.25, -0.2) is 9.59 Å². The molecule has 2 amide bonds. The van der Waals surface area contributed by atoms with Gasteiger partial charge in [-0.2, -0.15) is 0 Å². The summed E-state index contributed by atoms with van der Waals surface area (Å²) in [5.74, 6) is -1.32. The van der Waals surface area contributed by atoms with E-state index < -0.39 is 35.7 Å². The van der Waals surface area contributed by atoms with E-state index in [1.807, 2.05) is 6.92 Å². The Labute approximate surface area is 168 Å². The van der Waals surface area contributed by atoms with Crippen LogP contribution in [0, 0.1) is 5.92 Å². The molecule has 1 unspecified atom stereocenters. The Bertz CT molecular complexity index is 539. The van der Waals surface area contributed by atoms with Gasteiger partial charge in [-0.15, -0.1) is 0 Å². The largest absolute Gasteiger partial charge is 0.467 e. The lowest BCUT2D eigenvalue weighted by Crippen LogP contribution is -2.46. The molecule has 0 saturated carbocycles. The second-order valence-electron chi connectivity index (χ2n) is 8.12. The number of rotatable bonds is 11. The molecule has 2 atom stereocenters. The molecule has 0 fully saturated rings. The number of ketones is 1. The van der Waals surface area contributed by atoms with E-state index in [1.54, 1.807) is 34.6 Å². The van der Waals surface area contributed by atoms with Crippen molar-refractivity contribution in [1.29, 1.82) is 0 Å². The minimum absolute atomic E-state index is 0.0397. The van der Waals surface area contributed by atoms with Crippen LogP contribution in [-0.2, 0) is 23.9 Å². The van der Waals surface area contributed by atoms with Gasteiger partial charge in [-0.1, -0.05) is 33.6 Å². The third-order valence-corrected chi connectivity index (χ3v) is 3.96. The number of Topliss-reactive ketones (excluding diaryl/α,β-unsaturated/α-hetero) is 1. The van der Waals surface area contributed by atoms with E-state index >= 15 is 0 Å². The maximum atomic E-state index is 12.5. The second-order valence-corrected chi connectivity index (χ2v) is 8.12. The molecule has 0 aliphatic rings. The minimum atomic E-state index is -0.761. The molecule has 8 heteroatoms. The van der Waals surface area contributed by atoms with Gasteiger partial charge in [0.15, 0.2) is 5.78 Å². The molecule has 8 nitrogen and oxygen atoms in total. The predicted octanol–water partition coefficient (Wildman–Crippen LogP) is 2.73. The van der Waals surface area contributed by atoms with Crippen molar-refractivity contribution in [1.82, 2.24) is 10.6 Å². The molecule has 28 heavy (non-hydrogen) atoms. The lowest BCUT2D eigenvalue weighted by molar-refractivity contribution is -0.146. The standard InChI is InChI=1S/C20H36N2O6/c1-8-9-10-14(21-19(26)28-20(4,5)6)15(23)11-12-16(24)22-17(13(2)3)18(25)27-7/h13-14,17H,8-12H2,1-7H3,(H,21,26)(H,22,24)/t14-,17?/m0/s1. The van der Waals surface area contributed by atoms with Crippen LogP contribution in [-0.4, -0.2) is 48.5 Å². The maximum absolute atomic E-state index is 12.5. The van der Waals surface area contributed by atoms with Crippen LogP contribution in [0.25, 0.3) is 0 Å². The Morgan fingerprint density at radius 2 is 1.61 bits per heavy atom. The lowest BCUT2D eigenvalue weighted by atomic mass is 10.0. The first-order chi connectivity index (χ1) is 12.9. The molecule has 0 aliphatic carbocycles. The molecule has 0 spiro atoms. The molecule has 0 aromatic heterocycles. The van der Waals surface area contributed by atoms with Gasteiger partial charge in [0.25, 0.3) is 0 Å². The zero-order valence-electron chi connectivity index (χ0n) is 18.2. The van der Waals surface area contributed by atoms with Crippen molar-refractivity contribution in [2.24, 2.45) is 5.92 Å². The van der Waals surface area contributed by atoms with Gasteiger partial charge in [0.05, 0.1) is 13.2 Å². The number of hydrogen-bond acceptors (Lipinski definition) is 6. The smallest absolute Gasteiger partial charge is 0.408 e. The summed E-state index contributed by atoms with van der Waals surface area (Å²) in [5, 5.41) is 5.20. The molecular formula is C20H36N2O6. The van der Waals surface area contributed by atoms with Crippen LogP contribution in [0.15, 0.2) is 0 Å². The van der Waals surface area contributed by atoms with Gasteiger partial charge in [0, 0.05) is 12.8 Å². The second kappa shape index (κ2) is 12.4. The minimum Gasteiger partial charge on any atom is -0.467 e. The van der Waals surface area contributed by atoms with E-state index in [2.05, 4.69) is 15.4 Å².